The van der Waals surface area contributed by atoms with E-state index >= 15 is 0 Å². The van der Waals surface area contributed by atoms with Gasteiger partial charge < -0.3 is 15.6 Å². The number of nitrogen functional groups attached to an aromatic ring is 1. The third kappa shape index (κ3) is 3.94. The highest BCUT2D eigenvalue weighted by atomic mass is 32.2. The van der Waals surface area contributed by atoms with Crippen LogP contribution in [0.2, 0.25) is 0 Å². The van der Waals surface area contributed by atoms with Crippen LogP contribution in [0.3, 0.4) is 0 Å². The summed E-state index contributed by atoms with van der Waals surface area (Å²) >= 11 is 1.44. The Hall–Kier alpha value is -1.20. The predicted molar refractivity (Wildman–Crippen MR) is 69.2 cm³/mol. The lowest BCUT2D eigenvalue weighted by Crippen LogP contribution is -2.07. The number of hydrogen-bond donors (Lipinski definition) is 2. The average Bonchev–Trinajstić information content (AvgIpc) is 2.32. The minimum atomic E-state index is -0.356. The third-order valence-corrected chi connectivity index (χ3v) is 3.27. The van der Waals surface area contributed by atoms with Gasteiger partial charge in [0.05, 0.1) is 18.8 Å². The van der Waals surface area contributed by atoms with Gasteiger partial charge in [-0.15, -0.1) is 11.8 Å². The first kappa shape index (κ1) is 13.9. The number of ether oxygens (including phenoxy) is 1. The molecule has 0 aliphatic heterocycles. The van der Waals surface area contributed by atoms with E-state index in [0.717, 1.165) is 4.90 Å². The molecule has 0 amide bonds. The van der Waals surface area contributed by atoms with Gasteiger partial charge in [0.2, 0.25) is 0 Å². The van der Waals surface area contributed by atoms with E-state index in [1.807, 2.05) is 6.92 Å². The van der Waals surface area contributed by atoms with E-state index in [4.69, 9.17) is 15.6 Å². The Morgan fingerprint density at radius 3 is 2.88 bits per heavy atom. The zero-order valence-corrected chi connectivity index (χ0v) is 10.8. The van der Waals surface area contributed by atoms with Crippen molar-refractivity contribution in [3.8, 4) is 0 Å². The van der Waals surface area contributed by atoms with Crippen molar-refractivity contribution >= 4 is 23.4 Å². The van der Waals surface area contributed by atoms with Crippen LogP contribution in [0.1, 0.15) is 24.2 Å². The molecule has 3 N–H and O–H groups in total. The Balaban J connectivity index is 2.90. The molecule has 0 radical (unpaired) electrons. The highest BCUT2D eigenvalue weighted by Crippen LogP contribution is 2.29. The molecule has 0 aliphatic rings. The van der Waals surface area contributed by atoms with Gasteiger partial charge in [0.1, 0.15) is 0 Å². The number of aliphatic hydroxyl groups excluding tert-OH is 1. The maximum Gasteiger partial charge on any atom is 0.338 e. The van der Waals surface area contributed by atoms with E-state index in [-0.39, 0.29) is 17.8 Å². The molecule has 5 heteroatoms. The van der Waals surface area contributed by atoms with Gasteiger partial charge in [0.25, 0.3) is 0 Å². The fourth-order valence-corrected chi connectivity index (χ4v) is 2.14. The minimum Gasteiger partial charge on any atom is -0.462 e. The van der Waals surface area contributed by atoms with Crippen molar-refractivity contribution in [1.29, 1.82) is 0 Å². The van der Waals surface area contributed by atoms with Gasteiger partial charge in [-0.1, -0.05) is 6.92 Å². The molecule has 1 aromatic carbocycles. The van der Waals surface area contributed by atoms with Crippen LogP contribution in [0, 0.1) is 0 Å². The van der Waals surface area contributed by atoms with Crippen LogP contribution >= 0.6 is 11.8 Å². The van der Waals surface area contributed by atoms with Gasteiger partial charge in [-0.3, -0.25) is 0 Å². The second-order valence-electron chi connectivity index (χ2n) is 3.58. The molecule has 0 spiro atoms. The highest BCUT2D eigenvalue weighted by molar-refractivity contribution is 8.00. The van der Waals surface area contributed by atoms with Crippen LogP contribution in [-0.2, 0) is 4.74 Å². The summed E-state index contributed by atoms with van der Waals surface area (Å²) in [5.74, 6) is -0.356. The van der Waals surface area contributed by atoms with E-state index in [2.05, 4.69) is 0 Å². The average molecular weight is 255 g/mol. The van der Waals surface area contributed by atoms with Crippen LogP contribution in [0.25, 0.3) is 0 Å². The van der Waals surface area contributed by atoms with Crippen LogP contribution in [0.5, 0.6) is 0 Å². The quantitative estimate of drug-likeness (QED) is 0.478. The van der Waals surface area contributed by atoms with Crippen LogP contribution in [-0.4, -0.2) is 29.5 Å². The fourth-order valence-electron chi connectivity index (χ4n) is 1.23. The molecular weight excluding hydrogens is 238 g/mol. The molecule has 0 aliphatic carbocycles. The third-order valence-electron chi connectivity index (χ3n) is 2.11. The number of benzene rings is 1. The number of anilines is 1. The van der Waals surface area contributed by atoms with E-state index in [9.17, 15) is 4.79 Å². The molecule has 1 aromatic rings. The van der Waals surface area contributed by atoms with Crippen molar-refractivity contribution in [3.63, 3.8) is 0 Å². The van der Waals surface area contributed by atoms with E-state index in [1.54, 1.807) is 25.1 Å². The number of aliphatic hydroxyl groups is 1. The van der Waals surface area contributed by atoms with Crippen molar-refractivity contribution < 1.29 is 14.6 Å². The standard InChI is InChI=1S/C12H17NO3S/c1-3-16-12(15)9-4-5-10(13)11(6-9)17-8(2)7-14/h4-6,8,14H,3,7,13H2,1-2H3. The molecule has 1 atom stereocenters. The van der Waals surface area contributed by atoms with E-state index in [0.29, 0.717) is 17.9 Å². The smallest absolute Gasteiger partial charge is 0.338 e. The van der Waals surface area contributed by atoms with Crippen LogP contribution < -0.4 is 5.73 Å². The van der Waals surface area contributed by atoms with Crippen molar-refractivity contribution in [1.82, 2.24) is 0 Å². The molecule has 0 fully saturated rings. The van der Waals surface area contributed by atoms with Gasteiger partial charge in [0.15, 0.2) is 0 Å². The highest BCUT2D eigenvalue weighted by Gasteiger charge is 2.11. The summed E-state index contributed by atoms with van der Waals surface area (Å²) in [5.41, 5.74) is 6.89. The molecule has 1 unspecified atom stereocenters. The van der Waals surface area contributed by atoms with Gasteiger partial charge >= 0.3 is 5.97 Å². The molecule has 94 valence electrons. The minimum absolute atomic E-state index is 0.0368. The monoisotopic (exact) mass is 255 g/mol. The van der Waals surface area contributed by atoms with Gasteiger partial charge in [-0.2, -0.15) is 0 Å². The van der Waals surface area contributed by atoms with Crippen molar-refractivity contribution in [2.75, 3.05) is 18.9 Å². The molecule has 0 saturated heterocycles. The first-order valence-corrected chi connectivity index (χ1v) is 6.30. The summed E-state index contributed by atoms with van der Waals surface area (Å²) in [6.45, 7) is 4.06. The zero-order valence-electron chi connectivity index (χ0n) is 9.97. The number of thioether (sulfide) groups is 1. The first-order chi connectivity index (χ1) is 8.08. The van der Waals surface area contributed by atoms with E-state index < -0.39 is 0 Å². The number of carbonyl (C=O) groups excluding carboxylic acids is 1. The Morgan fingerprint density at radius 2 is 2.29 bits per heavy atom. The fraction of sp³-hybridized carbons (Fsp3) is 0.417. The molecule has 17 heavy (non-hydrogen) atoms. The van der Waals surface area contributed by atoms with Gasteiger partial charge in [-0.25, -0.2) is 4.79 Å². The number of nitrogens with two attached hydrogens (primary N) is 1. The summed E-state index contributed by atoms with van der Waals surface area (Å²) < 4.78 is 4.92. The van der Waals surface area contributed by atoms with Crippen molar-refractivity contribution in [2.24, 2.45) is 0 Å². The Kier molecular flexibility index (Phi) is 5.31. The predicted octanol–water partition coefficient (Wildman–Crippen LogP) is 1.92. The Labute approximate surface area is 105 Å². The lowest BCUT2D eigenvalue weighted by atomic mass is 10.2. The SMILES string of the molecule is CCOC(=O)c1ccc(N)c(SC(C)CO)c1. The number of hydrogen-bond acceptors (Lipinski definition) is 5. The van der Waals surface area contributed by atoms with Gasteiger partial charge in [-0.05, 0) is 25.1 Å². The summed E-state index contributed by atoms with van der Waals surface area (Å²) in [5, 5.41) is 9.03. The van der Waals surface area contributed by atoms with Gasteiger partial charge in [0, 0.05) is 15.8 Å². The number of esters is 1. The second-order valence-corrected chi connectivity index (χ2v) is 5.06. The molecular formula is C12H17NO3S. The number of rotatable bonds is 5. The molecule has 0 saturated carbocycles. The summed E-state index contributed by atoms with van der Waals surface area (Å²) in [7, 11) is 0. The van der Waals surface area contributed by atoms with Crippen LogP contribution in [0.15, 0.2) is 23.1 Å². The topological polar surface area (TPSA) is 72.5 Å². The zero-order chi connectivity index (χ0) is 12.8. The van der Waals surface area contributed by atoms with E-state index in [1.165, 1.54) is 11.8 Å². The Morgan fingerprint density at radius 1 is 1.59 bits per heavy atom. The van der Waals surface area contributed by atoms with Crippen molar-refractivity contribution in [2.45, 2.75) is 24.0 Å². The molecule has 0 heterocycles. The lowest BCUT2D eigenvalue weighted by molar-refractivity contribution is 0.0526. The molecule has 1 rings (SSSR count). The van der Waals surface area contributed by atoms with Crippen molar-refractivity contribution in [3.05, 3.63) is 23.8 Å². The lowest BCUT2D eigenvalue weighted by Gasteiger charge is -2.11. The molecule has 0 bridgehead atoms. The maximum atomic E-state index is 11.5. The normalized spacial score (nSPS) is 12.2. The Bertz CT molecular complexity index is 395. The number of carbonyl (C=O) groups is 1. The molecule has 0 aromatic heterocycles. The summed E-state index contributed by atoms with van der Waals surface area (Å²) in [6.07, 6.45) is 0. The summed E-state index contributed by atoms with van der Waals surface area (Å²) in [6, 6.07) is 5.02. The maximum absolute atomic E-state index is 11.5. The summed E-state index contributed by atoms with van der Waals surface area (Å²) in [4.78, 5) is 12.3. The van der Waals surface area contributed by atoms with Crippen LogP contribution in [0.4, 0.5) is 5.69 Å². The second kappa shape index (κ2) is 6.51. The largest absolute Gasteiger partial charge is 0.462 e. The first-order valence-electron chi connectivity index (χ1n) is 5.42. The molecule has 4 nitrogen and oxygen atoms in total.